The number of rotatable bonds is 3. The molecular formula is C10H17IO4. The van der Waals surface area contributed by atoms with Crippen molar-refractivity contribution in [2.24, 2.45) is 0 Å². The van der Waals surface area contributed by atoms with Gasteiger partial charge in [-0.2, -0.15) is 0 Å². The van der Waals surface area contributed by atoms with Gasteiger partial charge < -0.3 is 18.9 Å². The monoisotopic (exact) mass is 328 g/mol. The van der Waals surface area contributed by atoms with Crippen molar-refractivity contribution in [1.29, 1.82) is 0 Å². The normalized spacial score (nSPS) is 43.2. The Kier molecular flexibility index (Phi) is 3.57. The van der Waals surface area contributed by atoms with Gasteiger partial charge in [-0.05, 0) is 20.8 Å². The molecule has 2 rings (SSSR count). The molecule has 0 spiro atoms. The molecule has 2 saturated heterocycles. The maximum Gasteiger partial charge on any atom is 0.186 e. The Hall–Kier alpha value is 0.570. The third kappa shape index (κ3) is 2.31. The van der Waals surface area contributed by atoms with E-state index in [1.165, 1.54) is 0 Å². The number of halogens is 1. The van der Waals surface area contributed by atoms with Gasteiger partial charge in [0, 0.05) is 11.0 Å². The fraction of sp³-hybridized carbons (Fsp3) is 1.00. The molecule has 0 aliphatic carbocycles. The summed E-state index contributed by atoms with van der Waals surface area (Å²) in [7, 11) is 0. The minimum absolute atomic E-state index is 0.00782. The molecule has 5 heteroatoms. The van der Waals surface area contributed by atoms with Crippen LogP contribution in [0.25, 0.3) is 0 Å². The summed E-state index contributed by atoms with van der Waals surface area (Å²) in [5.41, 5.74) is 0. The van der Waals surface area contributed by atoms with E-state index in [1.54, 1.807) is 0 Å². The molecule has 4 nitrogen and oxygen atoms in total. The van der Waals surface area contributed by atoms with Gasteiger partial charge in [-0.3, -0.25) is 0 Å². The second-order valence-corrected chi connectivity index (χ2v) is 5.10. The molecule has 88 valence electrons. The molecule has 0 aromatic carbocycles. The Morgan fingerprint density at radius 1 is 1.27 bits per heavy atom. The molecule has 0 saturated carbocycles. The molecular weight excluding hydrogens is 311 g/mol. The van der Waals surface area contributed by atoms with Gasteiger partial charge in [0.1, 0.15) is 12.2 Å². The molecule has 0 radical (unpaired) electrons. The zero-order valence-electron chi connectivity index (χ0n) is 9.23. The first kappa shape index (κ1) is 12.0. The van der Waals surface area contributed by atoms with E-state index < -0.39 is 5.79 Å². The van der Waals surface area contributed by atoms with Crippen LogP contribution in [0.15, 0.2) is 0 Å². The molecule has 4 atom stereocenters. The van der Waals surface area contributed by atoms with Crippen LogP contribution in [0.3, 0.4) is 0 Å². The highest BCUT2D eigenvalue weighted by atomic mass is 127. The third-order valence-electron chi connectivity index (χ3n) is 2.59. The Morgan fingerprint density at radius 2 is 1.93 bits per heavy atom. The second-order valence-electron chi connectivity index (χ2n) is 4.22. The van der Waals surface area contributed by atoms with Crippen molar-refractivity contribution in [3.05, 3.63) is 0 Å². The number of hydrogen-bond donors (Lipinski definition) is 0. The molecule has 0 bridgehead atoms. The zero-order valence-corrected chi connectivity index (χ0v) is 11.4. The van der Waals surface area contributed by atoms with Crippen LogP contribution >= 0.6 is 22.6 Å². The second kappa shape index (κ2) is 4.44. The summed E-state index contributed by atoms with van der Waals surface area (Å²) in [6.45, 7) is 6.44. The molecule has 0 amide bonds. The van der Waals surface area contributed by atoms with Gasteiger partial charge in [-0.15, -0.1) is 0 Å². The van der Waals surface area contributed by atoms with Gasteiger partial charge in [0.25, 0.3) is 0 Å². The van der Waals surface area contributed by atoms with E-state index >= 15 is 0 Å². The first-order valence-electron chi connectivity index (χ1n) is 5.26. The largest absolute Gasteiger partial charge is 0.350 e. The van der Waals surface area contributed by atoms with Crippen LogP contribution in [0.5, 0.6) is 0 Å². The van der Waals surface area contributed by atoms with Gasteiger partial charge in [0.2, 0.25) is 0 Å². The van der Waals surface area contributed by atoms with E-state index in [1.807, 2.05) is 20.8 Å². The van der Waals surface area contributed by atoms with E-state index in [4.69, 9.17) is 18.9 Å². The topological polar surface area (TPSA) is 36.9 Å². The first-order valence-corrected chi connectivity index (χ1v) is 6.78. The fourth-order valence-corrected chi connectivity index (χ4v) is 2.77. The maximum absolute atomic E-state index is 5.82. The highest BCUT2D eigenvalue weighted by Crippen LogP contribution is 2.39. The highest BCUT2D eigenvalue weighted by molar-refractivity contribution is 14.1. The standard InChI is InChI=1S/C10H17IO4/c1-4-12-9-8-7(6(5-11)13-9)14-10(2,3)15-8/h6-9H,4-5H2,1-3H3/t6-,7+,8+,9+/m1/s1. The quantitative estimate of drug-likeness (QED) is 0.584. The SMILES string of the molecule is CCO[C@H]1O[C@H](CI)[C@@H]2OC(C)(C)O[C@H]12. The summed E-state index contributed by atoms with van der Waals surface area (Å²) in [5.74, 6) is -0.515. The first-order chi connectivity index (χ1) is 7.07. The molecule has 0 N–H and O–H groups in total. The van der Waals surface area contributed by atoms with E-state index in [-0.39, 0.29) is 24.6 Å². The lowest BCUT2D eigenvalue weighted by Crippen LogP contribution is -2.31. The maximum atomic E-state index is 5.82. The Balaban J connectivity index is 2.08. The Labute approximate surface area is 104 Å². The molecule has 0 aromatic rings. The lowest BCUT2D eigenvalue weighted by molar-refractivity contribution is -0.229. The average molecular weight is 328 g/mol. The molecule has 0 aromatic heterocycles. The minimum Gasteiger partial charge on any atom is -0.350 e. The Morgan fingerprint density at radius 3 is 2.53 bits per heavy atom. The summed E-state index contributed by atoms with van der Waals surface area (Å²) in [6.07, 6.45) is -0.274. The summed E-state index contributed by atoms with van der Waals surface area (Å²) in [4.78, 5) is 0. The molecule has 2 aliphatic rings. The molecule has 2 heterocycles. The van der Waals surface area contributed by atoms with E-state index in [0.29, 0.717) is 6.61 Å². The van der Waals surface area contributed by atoms with Gasteiger partial charge in [0.15, 0.2) is 12.1 Å². The lowest BCUT2D eigenvalue weighted by atomic mass is 10.2. The van der Waals surface area contributed by atoms with Gasteiger partial charge >= 0.3 is 0 Å². The van der Waals surface area contributed by atoms with Crippen LogP contribution in [0.2, 0.25) is 0 Å². The third-order valence-corrected chi connectivity index (χ3v) is 3.46. The number of alkyl halides is 1. The van der Waals surface area contributed by atoms with Crippen LogP contribution in [-0.4, -0.2) is 41.4 Å². The van der Waals surface area contributed by atoms with E-state index in [2.05, 4.69) is 22.6 Å². The van der Waals surface area contributed by atoms with Gasteiger partial charge in [-0.1, -0.05) is 22.6 Å². The lowest BCUT2D eigenvalue weighted by Gasteiger charge is -2.23. The summed E-state index contributed by atoms with van der Waals surface area (Å²) in [5, 5.41) is 0. The van der Waals surface area contributed by atoms with Crippen molar-refractivity contribution >= 4 is 22.6 Å². The molecule has 15 heavy (non-hydrogen) atoms. The van der Waals surface area contributed by atoms with Crippen LogP contribution in [0, 0.1) is 0 Å². The summed E-state index contributed by atoms with van der Waals surface area (Å²) >= 11 is 2.30. The van der Waals surface area contributed by atoms with Crippen molar-refractivity contribution in [1.82, 2.24) is 0 Å². The number of hydrogen-bond acceptors (Lipinski definition) is 4. The van der Waals surface area contributed by atoms with Gasteiger partial charge in [-0.25, -0.2) is 0 Å². The Bertz CT molecular complexity index is 233. The molecule has 0 unspecified atom stereocenters. The summed E-state index contributed by atoms with van der Waals surface area (Å²) < 4.78 is 23.7. The van der Waals surface area contributed by atoms with E-state index in [9.17, 15) is 0 Å². The minimum atomic E-state index is -0.515. The van der Waals surface area contributed by atoms with Gasteiger partial charge in [0.05, 0.1) is 6.10 Å². The zero-order chi connectivity index (χ0) is 11.1. The number of ether oxygens (including phenoxy) is 4. The smallest absolute Gasteiger partial charge is 0.186 e. The highest BCUT2D eigenvalue weighted by Gasteiger charge is 2.55. The molecule has 2 fully saturated rings. The summed E-state index contributed by atoms with van der Waals surface area (Å²) in [6, 6.07) is 0. The van der Waals surface area contributed by atoms with Crippen molar-refractivity contribution in [3.8, 4) is 0 Å². The fourth-order valence-electron chi connectivity index (χ4n) is 2.06. The molecule has 2 aliphatic heterocycles. The average Bonchev–Trinajstić information content (AvgIpc) is 2.61. The van der Waals surface area contributed by atoms with Crippen LogP contribution in [-0.2, 0) is 18.9 Å². The predicted octanol–water partition coefficient (Wildman–Crippen LogP) is 1.70. The van der Waals surface area contributed by atoms with Crippen LogP contribution in [0.4, 0.5) is 0 Å². The van der Waals surface area contributed by atoms with Crippen molar-refractivity contribution in [3.63, 3.8) is 0 Å². The van der Waals surface area contributed by atoms with Crippen molar-refractivity contribution < 1.29 is 18.9 Å². The predicted molar refractivity (Wildman–Crippen MR) is 63.0 cm³/mol. The van der Waals surface area contributed by atoms with Crippen LogP contribution < -0.4 is 0 Å². The van der Waals surface area contributed by atoms with Crippen molar-refractivity contribution in [2.45, 2.75) is 51.2 Å². The van der Waals surface area contributed by atoms with Crippen molar-refractivity contribution in [2.75, 3.05) is 11.0 Å². The van der Waals surface area contributed by atoms with E-state index in [0.717, 1.165) is 4.43 Å². The van der Waals surface area contributed by atoms with Crippen LogP contribution in [0.1, 0.15) is 20.8 Å². The number of fused-ring (bicyclic) bond motifs is 1.